The highest BCUT2D eigenvalue weighted by Crippen LogP contribution is 2.32. The molecule has 1 saturated carbocycles. The molecular weight excluding hydrogens is 270 g/mol. The lowest BCUT2D eigenvalue weighted by Crippen LogP contribution is -2.53. The summed E-state index contributed by atoms with van der Waals surface area (Å²) in [6, 6.07) is -0.210. The van der Waals surface area contributed by atoms with Gasteiger partial charge in [0, 0.05) is 24.9 Å². The molecule has 0 bridgehead atoms. The first-order valence-electron chi connectivity index (χ1n) is 7.75. The van der Waals surface area contributed by atoms with Gasteiger partial charge < -0.3 is 9.64 Å². The minimum Gasteiger partial charge on any atom is -0.444 e. The van der Waals surface area contributed by atoms with E-state index in [0.29, 0.717) is 0 Å². The summed E-state index contributed by atoms with van der Waals surface area (Å²) in [6.07, 6.45) is 2.62. The van der Waals surface area contributed by atoms with Crippen LogP contribution in [0.4, 0.5) is 4.79 Å². The number of hydrogen-bond acceptors (Lipinski definition) is 4. The average molecular weight is 295 g/mol. The summed E-state index contributed by atoms with van der Waals surface area (Å²) in [5.74, 6) is -0.641. The summed E-state index contributed by atoms with van der Waals surface area (Å²) >= 11 is 0. The van der Waals surface area contributed by atoms with E-state index in [9.17, 15) is 14.4 Å². The lowest BCUT2D eigenvalue weighted by molar-refractivity contribution is -0.140. The van der Waals surface area contributed by atoms with Gasteiger partial charge in [0.05, 0.1) is 5.92 Å². The lowest BCUT2D eigenvalue weighted by atomic mass is 9.75. The minimum atomic E-state index is -0.654. The molecular formula is C16H25NO4. The van der Waals surface area contributed by atoms with Gasteiger partial charge in [0.15, 0.2) is 0 Å². The molecule has 1 heterocycles. The van der Waals surface area contributed by atoms with Crippen molar-refractivity contribution in [1.29, 1.82) is 0 Å². The maximum atomic E-state index is 12.4. The van der Waals surface area contributed by atoms with Gasteiger partial charge in [0.25, 0.3) is 0 Å². The van der Waals surface area contributed by atoms with Crippen LogP contribution in [0.1, 0.15) is 53.4 Å². The second-order valence-corrected chi connectivity index (χ2v) is 7.23. The van der Waals surface area contributed by atoms with E-state index >= 15 is 0 Å². The third-order valence-corrected chi connectivity index (χ3v) is 4.28. The topological polar surface area (TPSA) is 63.7 Å². The Morgan fingerprint density at radius 3 is 2.33 bits per heavy atom. The fourth-order valence-corrected chi connectivity index (χ4v) is 2.82. The molecule has 5 heteroatoms. The number of rotatable bonds is 2. The first kappa shape index (κ1) is 16.0. The standard InChI is InChI=1S/C16H25NO4/c1-10-8-13(18)12(14(19)11-6-5-7-11)9-17(10)15(20)21-16(2,3)4/h10-12H,5-9H2,1-4H3. The van der Waals surface area contributed by atoms with Crippen molar-refractivity contribution in [3.8, 4) is 0 Å². The Bertz CT molecular complexity index is 448. The van der Waals surface area contributed by atoms with Crippen molar-refractivity contribution < 1.29 is 19.1 Å². The highest BCUT2D eigenvalue weighted by molar-refractivity contribution is 6.05. The predicted octanol–water partition coefficient (Wildman–Crippen LogP) is 2.57. The van der Waals surface area contributed by atoms with Crippen LogP contribution >= 0.6 is 0 Å². The van der Waals surface area contributed by atoms with E-state index in [4.69, 9.17) is 4.74 Å². The van der Waals surface area contributed by atoms with Crippen LogP contribution in [0.5, 0.6) is 0 Å². The van der Waals surface area contributed by atoms with Crippen molar-refractivity contribution in [3.63, 3.8) is 0 Å². The fourth-order valence-electron chi connectivity index (χ4n) is 2.82. The Kier molecular flexibility index (Phi) is 4.40. The van der Waals surface area contributed by atoms with Gasteiger partial charge in [0.2, 0.25) is 0 Å². The zero-order valence-electron chi connectivity index (χ0n) is 13.3. The quantitative estimate of drug-likeness (QED) is 0.734. The molecule has 0 aromatic heterocycles. The number of ketones is 2. The van der Waals surface area contributed by atoms with Gasteiger partial charge in [-0.25, -0.2) is 4.79 Å². The number of hydrogen-bond donors (Lipinski definition) is 0. The molecule has 1 amide bonds. The van der Waals surface area contributed by atoms with Crippen LogP contribution in [0.15, 0.2) is 0 Å². The van der Waals surface area contributed by atoms with Gasteiger partial charge in [-0.3, -0.25) is 9.59 Å². The maximum Gasteiger partial charge on any atom is 0.410 e. The molecule has 0 aromatic rings. The van der Waals surface area contributed by atoms with Crippen molar-refractivity contribution >= 4 is 17.7 Å². The summed E-state index contributed by atoms with van der Waals surface area (Å²) in [4.78, 5) is 38.3. The smallest absolute Gasteiger partial charge is 0.410 e. The van der Waals surface area contributed by atoms with E-state index in [1.165, 1.54) is 4.90 Å². The molecule has 1 aliphatic carbocycles. The zero-order valence-corrected chi connectivity index (χ0v) is 13.3. The lowest BCUT2D eigenvalue weighted by Gasteiger charge is -2.39. The van der Waals surface area contributed by atoms with Crippen molar-refractivity contribution in [2.75, 3.05) is 6.54 Å². The Labute approximate surface area is 126 Å². The number of ether oxygens (including phenoxy) is 1. The zero-order chi connectivity index (χ0) is 15.8. The van der Waals surface area contributed by atoms with Gasteiger partial charge in [-0.2, -0.15) is 0 Å². The second kappa shape index (κ2) is 5.78. The van der Waals surface area contributed by atoms with Crippen molar-refractivity contribution in [3.05, 3.63) is 0 Å². The van der Waals surface area contributed by atoms with Crippen LogP contribution in [-0.4, -0.2) is 40.7 Å². The van der Waals surface area contributed by atoms with Crippen LogP contribution < -0.4 is 0 Å². The Hall–Kier alpha value is -1.39. The van der Waals surface area contributed by atoms with Crippen LogP contribution in [0.25, 0.3) is 0 Å². The van der Waals surface area contributed by atoms with Gasteiger partial charge in [-0.1, -0.05) is 6.42 Å². The first-order valence-corrected chi connectivity index (χ1v) is 7.75. The van der Waals surface area contributed by atoms with Crippen molar-refractivity contribution in [1.82, 2.24) is 4.90 Å². The fraction of sp³-hybridized carbons (Fsp3) is 0.812. The Morgan fingerprint density at radius 2 is 1.86 bits per heavy atom. The largest absolute Gasteiger partial charge is 0.444 e. The van der Waals surface area contributed by atoms with Gasteiger partial charge >= 0.3 is 6.09 Å². The van der Waals surface area contributed by atoms with E-state index in [2.05, 4.69) is 0 Å². The summed E-state index contributed by atoms with van der Waals surface area (Å²) < 4.78 is 5.38. The van der Waals surface area contributed by atoms with E-state index in [-0.39, 0.29) is 36.5 Å². The molecule has 5 nitrogen and oxygen atoms in total. The third-order valence-electron chi connectivity index (χ3n) is 4.28. The predicted molar refractivity (Wildman–Crippen MR) is 77.9 cm³/mol. The molecule has 2 unspecified atom stereocenters. The molecule has 1 saturated heterocycles. The molecule has 0 N–H and O–H groups in total. The number of carbonyl (C=O) groups is 3. The van der Waals surface area contributed by atoms with Gasteiger partial charge in [-0.15, -0.1) is 0 Å². The van der Waals surface area contributed by atoms with E-state index < -0.39 is 17.6 Å². The van der Waals surface area contributed by atoms with E-state index in [0.717, 1.165) is 19.3 Å². The monoisotopic (exact) mass is 295 g/mol. The number of amides is 1. The second-order valence-electron chi connectivity index (χ2n) is 7.23. The average Bonchev–Trinajstić information content (AvgIpc) is 2.23. The van der Waals surface area contributed by atoms with Crippen molar-refractivity contribution in [2.24, 2.45) is 11.8 Å². The number of Topliss-reactive ketones (excluding diaryl/α,β-unsaturated/α-hetero) is 2. The van der Waals surface area contributed by atoms with Crippen molar-refractivity contribution in [2.45, 2.75) is 65.0 Å². The highest BCUT2D eigenvalue weighted by Gasteiger charge is 2.42. The summed E-state index contributed by atoms with van der Waals surface area (Å²) in [6.45, 7) is 7.42. The summed E-state index contributed by atoms with van der Waals surface area (Å²) in [7, 11) is 0. The van der Waals surface area contributed by atoms with Gasteiger partial charge in [0.1, 0.15) is 17.2 Å². The number of carbonyl (C=O) groups excluding carboxylic acids is 3. The van der Waals surface area contributed by atoms with E-state index in [1.54, 1.807) is 0 Å². The molecule has 21 heavy (non-hydrogen) atoms. The normalized spacial score (nSPS) is 27.2. The Morgan fingerprint density at radius 1 is 1.24 bits per heavy atom. The molecule has 0 radical (unpaired) electrons. The molecule has 2 rings (SSSR count). The minimum absolute atomic E-state index is 0.0201. The summed E-state index contributed by atoms with van der Waals surface area (Å²) in [5, 5.41) is 0. The molecule has 2 aliphatic rings. The molecule has 0 aromatic carbocycles. The SMILES string of the molecule is CC1CC(=O)C(C(=O)C2CCC2)CN1C(=O)OC(C)(C)C. The maximum absolute atomic E-state index is 12.4. The highest BCUT2D eigenvalue weighted by atomic mass is 16.6. The summed E-state index contributed by atoms with van der Waals surface area (Å²) in [5.41, 5.74) is -0.578. The number of nitrogens with zero attached hydrogens (tertiary/aromatic N) is 1. The third kappa shape index (κ3) is 3.63. The molecule has 2 atom stereocenters. The van der Waals surface area contributed by atoms with E-state index in [1.807, 2.05) is 27.7 Å². The van der Waals surface area contributed by atoms with Crippen LogP contribution in [0.3, 0.4) is 0 Å². The molecule has 1 aliphatic heterocycles. The number of piperidine rings is 1. The first-order chi connectivity index (χ1) is 9.69. The number of likely N-dealkylation sites (tertiary alicyclic amines) is 1. The van der Waals surface area contributed by atoms with Crippen LogP contribution in [-0.2, 0) is 14.3 Å². The molecule has 118 valence electrons. The molecule has 0 spiro atoms. The van der Waals surface area contributed by atoms with Crippen LogP contribution in [0, 0.1) is 11.8 Å². The Balaban J connectivity index is 2.06. The molecule has 2 fully saturated rings. The van der Waals surface area contributed by atoms with Crippen LogP contribution in [0.2, 0.25) is 0 Å². The van der Waals surface area contributed by atoms with Gasteiger partial charge in [-0.05, 0) is 40.5 Å².